The highest BCUT2D eigenvalue weighted by molar-refractivity contribution is 5.71. The van der Waals surface area contributed by atoms with Crippen LogP contribution in [0.1, 0.15) is 38.5 Å². The summed E-state index contributed by atoms with van der Waals surface area (Å²) in [5.74, 6) is 0.436. The van der Waals surface area contributed by atoms with Gasteiger partial charge in [0.1, 0.15) is 0 Å². The first-order valence-corrected chi connectivity index (χ1v) is 6.68. The molecule has 0 aliphatic heterocycles. The van der Waals surface area contributed by atoms with Crippen molar-refractivity contribution in [2.45, 2.75) is 38.5 Å². The van der Waals surface area contributed by atoms with E-state index in [1.807, 2.05) is 0 Å². The lowest BCUT2D eigenvalue weighted by molar-refractivity contribution is -0.144. The van der Waals surface area contributed by atoms with Gasteiger partial charge in [-0.25, -0.2) is 0 Å². The lowest BCUT2D eigenvalue weighted by Crippen LogP contribution is -2.28. The number of carbonyl (C=O) groups is 1. The van der Waals surface area contributed by atoms with Crippen molar-refractivity contribution in [1.82, 2.24) is 5.32 Å². The monoisotopic (exact) mass is 243 g/mol. The van der Waals surface area contributed by atoms with Crippen molar-refractivity contribution < 1.29 is 14.3 Å². The topological polar surface area (TPSA) is 47.6 Å². The molecule has 1 rings (SSSR count). The first-order valence-electron chi connectivity index (χ1n) is 6.68. The number of carbonyl (C=O) groups excluding carboxylic acids is 1. The molecule has 0 bridgehead atoms. The number of methoxy groups -OCH3 is 1. The quantitative estimate of drug-likeness (QED) is 0.420. The van der Waals surface area contributed by atoms with E-state index >= 15 is 0 Å². The number of ether oxygens (including phenoxy) is 2. The highest BCUT2D eigenvalue weighted by atomic mass is 16.5. The van der Waals surface area contributed by atoms with Gasteiger partial charge in [0.15, 0.2) is 0 Å². The molecule has 0 aromatic carbocycles. The van der Waals surface area contributed by atoms with E-state index in [-0.39, 0.29) is 12.5 Å². The van der Waals surface area contributed by atoms with Crippen LogP contribution in [0.2, 0.25) is 0 Å². The van der Waals surface area contributed by atoms with Crippen LogP contribution < -0.4 is 5.32 Å². The number of hydrogen-bond donors (Lipinski definition) is 1. The van der Waals surface area contributed by atoms with Crippen LogP contribution >= 0.6 is 0 Å². The summed E-state index contributed by atoms with van der Waals surface area (Å²) in [6.07, 6.45) is 7.67. The van der Waals surface area contributed by atoms with Crippen LogP contribution in [-0.4, -0.2) is 39.4 Å². The molecular formula is C13H25NO3. The first-order chi connectivity index (χ1) is 8.33. The fourth-order valence-electron chi connectivity index (χ4n) is 2.16. The molecule has 0 spiro atoms. The van der Waals surface area contributed by atoms with E-state index in [1.165, 1.54) is 38.5 Å². The smallest absolute Gasteiger partial charge is 0.319 e. The Morgan fingerprint density at radius 2 is 1.94 bits per heavy atom. The molecule has 0 saturated heterocycles. The molecule has 0 radical (unpaired) electrons. The summed E-state index contributed by atoms with van der Waals surface area (Å²) in [5.41, 5.74) is 0. The molecule has 0 aromatic rings. The predicted octanol–water partition coefficient (Wildman–Crippen LogP) is 1.74. The minimum absolute atomic E-state index is 0.148. The summed E-state index contributed by atoms with van der Waals surface area (Å²) >= 11 is 0. The lowest BCUT2D eigenvalue weighted by atomic mass is 10.0. The number of esters is 1. The molecule has 0 aromatic heterocycles. The predicted molar refractivity (Wildman–Crippen MR) is 66.9 cm³/mol. The Morgan fingerprint density at radius 1 is 1.24 bits per heavy atom. The van der Waals surface area contributed by atoms with Gasteiger partial charge in [0, 0.05) is 13.7 Å². The molecule has 100 valence electrons. The largest absolute Gasteiger partial charge is 0.464 e. The van der Waals surface area contributed by atoms with Crippen molar-refractivity contribution >= 4 is 5.97 Å². The molecule has 1 N–H and O–H groups in total. The van der Waals surface area contributed by atoms with E-state index in [4.69, 9.17) is 9.47 Å². The van der Waals surface area contributed by atoms with E-state index in [0.717, 1.165) is 0 Å². The Hall–Kier alpha value is -0.610. The summed E-state index contributed by atoms with van der Waals surface area (Å²) in [4.78, 5) is 11.4. The van der Waals surface area contributed by atoms with Crippen LogP contribution in [0.5, 0.6) is 0 Å². The second-order valence-electron chi connectivity index (χ2n) is 4.71. The van der Waals surface area contributed by atoms with Crippen molar-refractivity contribution in [2.24, 2.45) is 5.92 Å². The molecule has 0 amide bonds. The molecule has 0 unspecified atom stereocenters. The van der Waals surface area contributed by atoms with Crippen LogP contribution in [0.3, 0.4) is 0 Å². The minimum Gasteiger partial charge on any atom is -0.464 e. The van der Waals surface area contributed by atoms with E-state index in [0.29, 0.717) is 25.7 Å². The lowest BCUT2D eigenvalue weighted by Gasteiger charge is -2.14. The molecule has 17 heavy (non-hydrogen) atoms. The fourth-order valence-corrected chi connectivity index (χ4v) is 2.16. The maximum Gasteiger partial charge on any atom is 0.319 e. The zero-order valence-corrected chi connectivity index (χ0v) is 10.9. The van der Waals surface area contributed by atoms with Gasteiger partial charge in [-0.1, -0.05) is 25.7 Å². The van der Waals surface area contributed by atoms with Gasteiger partial charge in [-0.05, 0) is 18.8 Å². The summed E-state index contributed by atoms with van der Waals surface area (Å²) in [6.45, 7) is 2.20. The van der Waals surface area contributed by atoms with Crippen LogP contribution in [0, 0.1) is 5.92 Å². The van der Waals surface area contributed by atoms with Crippen molar-refractivity contribution in [3.05, 3.63) is 0 Å². The Labute approximate surface area is 104 Å². The van der Waals surface area contributed by atoms with Crippen LogP contribution in [0.15, 0.2) is 0 Å². The van der Waals surface area contributed by atoms with Gasteiger partial charge >= 0.3 is 5.97 Å². The Morgan fingerprint density at radius 3 is 2.59 bits per heavy atom. The third kappa shape index (κ3) is 7.34. The molecule has 1 saturated carbocycles. The van der Waals surface area contributed by atoms with Gasteiger partial charge in [-0.2, -0.15) is 0 Å². The molecule has 0 atom stereocenters. The van der Waals surface area contributed by atoms with Crippen LogP contribution in [0.25, 0.3) is 0 Å². The van der Waals surface area contributed by atoms with Crippen molar-refractivity contribution in [3.8, 4) is 0 Å². The van der Waals surface area contributed by atoms with Crippen LogP contribution in [0.4, 0.5) is 0 Å². The van der Waals surface area contributed by atoms with Gasteiger partial charge in [-0.15, -0.1) is 0 Å². The number of rotatable bonds is 7. The van der Waals surface area contributed by atoms with Crippen molar-refractivity contribution in [2.75, 3.05) is 33.4 Å². The molecule has 0 heterocycles. The standard InChI is InChI=1S/C13H25NO3/c1-16-9-8-14-10-13(15)17-11-12-6-4-2-3-5-7-12/h12,14H,2-11H2,1H3. The maximum atomic E-state index is 11.4. The minimum atomic E-state index is -0.148. The molecule has 4 nitrogen and oxygen atoms in total. The summed E-state index contributed by atoms with van der Waals surface area (Å²) in [6, 6.07) is 0. The maximum absolute atomic E-state index is 11.4. The number of hydrogen-bond acceptors (Lipinski definition) is 4. The third-order valence-corrected chi connectivity index (χ3v) is 3.21. The molecule has 4 heteroatoms. The normalized spacial score (nSPS) is 17.7. The Kier molecular flexibility index (Phi) is 8.01. The van der Waals surface area contributed by atoms with Crippen LogP contribution in [-0.2, 0) is 14.3 Å². The van der Waals surface area contributed by atoms with Gasteiger partial charge < -0.3 is 14.8 Å². The van der Waals surface area contributed by atoms with Crippen molar-refractivity contribution in [1.29, 1.82) is 0 Å². The highest BCUT2D eigenvalue weighted by Gasteiger charge is 2.14. The van der Waals surface area contributed by atoms with Gasteiger partial charge in [-0.3, -0.25) is 4.79 Å². The zero-order chi connectivity index (χ0) is 12.3. The van der Waals surface area contributed by atoms with Gasteiger partial charge in [0.2, 0.25) is 0 Å². The summed E-state index contributed by atoms with van der Waals surface area (Å²) in [7, 11) is 1.64. The van der Waals surface area contributed by atoms with E-state index in [2.05, 4.69) is 5.32 Å². The van der Waals surface area contributed by atoms with Crippen molar-refractivity contribution in [3.63, 3.8) is 0 Å². The molecule has 1 aliphatic rings. The highest BCUT2D eigenvalue weighted by Crippen LogP contribution is 2.22. The number of nitrogens with one attached hydrogen (secondary N) is 1. The Balaban J connectivity index is 2.01. The fraction of sp³-hybridized carbons (Fsp3) is 0.923. The Bertz CT molecular complexity index is 201. The first kappa shape index (κ1) is 14.5. The van der Waals surface area contributed by atoms with E-state index in [9.17, 15) is 4.79 Å². The molecule has 1 aliphatic carbocycles. The summed E-state index contributed by atoms with van der Waals surface area (Å²) < 4.78 is 10.2. The van der Waals surface area contributed by atoms with Gasteiger partial charge in [0.25, 0.3) is 0 Å². The molecular weight excluding hydrogens is 218 g/mol. The average Bonchev–Trinajstić information content (AvgIpc) is 2.60. The zero-order valence-electron chi connectivity index (χ0n) is 10.9. The average molecular weight is 243 g/mol. The van der Waals surface area contributed by atoms with E-state index in [1.54, 1.807) is 7.11 Å². The second-order valence-corrected chi connectivity index (χ2v) is 4.71. The molecule has 1 fully saturated rings. The SMILES string of the molecule is COCCNCC(=O)OCC1CCCCCC1. The van der Waals surface area contributed by atoms with E-state index < -0.39 is 0 Å². The summed E-state index contributed by atoms with van der Waals surface area (Å²) in [5, 5.41) is 2.99. The van der Waals surface area contributed by atoms with Gasteiger partial charge in [0.05, 0.1) is 19.8 Å². The second kappa shape index (κ2) is 9.42. The third-order valence-electron chi connectivity index (χ3n) is 3.21.